The van der Waals surface area contributed by atoms with Crippen LogP contribution < -0.4 is 4.74 Å². The lowest BCUT2D eigenvalue weighted by molar-refractivity contribution is 0.273. The summed E-state index contributed by atoms with van der Waals surface area (Å²) >= 11 is 0. The molecule has 0 aliphatic carbocycles. The first-order valence-electron chi connectivity index (χ1n) is 4.58. The summed E-state index contributed by atoms with van der Waals surface area (Å²) in [5.41, 5.74) is 0. The number of ether oxygens (including phenoxy) is 1. The average Bonchev–Trinajstić information content (AvgIpc) is 2.26. The Morgan fingerprint density at radius 3 is 2.57 bits per heavy atom. The molecule has 1 nitrogen and oxygen atoms in total. The molecule has 0 aliphatic heterocycles. The first-order chi connectivity index (χ1) is 6.90. The molecule has 0 atom stereocenters. The zero-order chi connectivity index (χ0) is 9.80. The molecular formula is C12H11FO. The fraction of sp³-hybridized carbons (Fsp3) is 0.167. The van der Waals surface area contributed by atoms with Crippen molar-refractivity contribution >= 4 is 10.8 Å². The van der Waals surface area contributed by atoms with Crippen molar-refractivity contribution in [1.82, 2.24) is 0 Å². The third-order valence-electron chi connectivity index (χ3n) is 2.07. The number of fused-ring (bicyclic) bond motifs is 1. The van der Waals surface area contributed by atoms with E-state index in [1.54, 1.807) is 0 Å². The first kappa shape index (κ1) is 9.00. The molecule has 72 valence electrons. The molecule has 0 saturated heterocycles. The van der Waals surface area contributed by atoms with Crippen LogP contribution in [0.4, 0.5) is 4.39 Å². The van der Waals surface area contributed by atoms with Gasteiger partial charge >= 0.3 is 0 Å². The monoisotopic (exact) mass is 190 g/mol. The molecule has 0 spiro atoms. The summed E-state index contributed by atoms with van der Waals surface area (Å²) in [6, 6.07) is 13.8. The van der Waals surface area contributed by atoms with Gasteiger partial charge in [-0.2, -0.15) is 0 Å². The molecule has 0 amide bonds. The van der Waals surface area contributed by atoms with Gasteiger partial charge in [0.25, 0.3) is 0 Å². The zero-order valence-electron chi connectivity index (χ0n) is 7.74. The van der Waals surface area contributed by atoms with E-state index >= 15 is 0 Å². The van der Waals surface area contributed by atoms with E-state index in [0.29, 0.717) is 0 Å². The highest BCUT2D eigenvalue weighted by atomic mass is 19.1. The van der Waals surface area contributed by atoms with E-state index in [2.05, 4.69) is 0 Å². The predicted octanol–water partition coefficient (Wildman–Crippen LogP) is 3.19. The molecule has 0 unspecified atom stereocenters. The summed E-state index contributed by atoms with van der Waals surface area (Å²) in [4.78, 5) is 0. The quantitative estimate of drug-likeness (QED) is 0.722. The number of benzene rings is 2. The van der Waals surface area contributed by atoms with Gasteiger partial charge in [0.1, 0.15) is 19.0 Å². The van der Waals surface area contributed by atoms with Crippen molar-refractivity contribution in [3.8, 4) is 5.75 Å². The van der Waals surface area contributed by atoms with E-state index in [4.69, 9.17) is 4.74 Å². The molecule has 0 fully saturated rings. The predicted molar refractivity (Wildman–Crippen MR) is 55.4 cm³/mol. The van der Waals surface area contributed by atoms with Gasteiger partial charge in [0.15, 0.2) is 0 Å². The molecular weight excluding hydrogens is 179 g/mol. The zero-order valence-corrected chi connectivity index (χ0v) is 7.74. The maximum Gasteiger partial charge on any atom is 0.123 e. The lowest BCUT2D eigenvalue weighted by Gasteiger charge is -2.04. The average molecular weight is 190 g/mol. The number of alkyl halides is 1. The van der Waals surface area contributed by atoms with Gasteiger partial charge in [-0.3, -0.25) is 0 Å². The van der Waals surface area contributed by atoms with Gasteiger partial charge in [-0.1, -0.05) is 30.3 Å². The molecule has 2 aromatic carbocycles. The molecule has 2 rings (SSSR count). The van der Waals surface area contributed by atoms with E-state index in [0.717, 1.165) is 11.1 Å². The summed E-state index contributed by atoms with van der Waals surface area (Å²) in [5, 5.41) is 2.28. The van der Waals surface area contributed by atoms with Gasteiger partial charge in [-0.05, 0) is 22.9 Å². The van der Waals surface area contributed by atoms with E-state index in [-0.39, 0.29) is 6.61 Å². The fourth-order valence-electron chi connectivity index (χ4n) is 1.41. The highest BCUT2D eigenvalue weighted by molar-refractivity contribution is 5.83. The second-order valence-corrected chi connectivity index (χ2v) is 3.05. The molecule has 0 aromatic heterocycles. The lowest BCUT2D eigenvalue weighted by Crippen LogP contribution is -1.98. The summed E-state index contributed by atoms with van der Waals surface area (Å²) in [6.07, 6.45) is 0. The van der Waals surface area contributed by atoms with Gasteiger partial charge in [0, 0.05) is 0 Å². The number of hydrogen-bond donors (Lipinski definition) is 0. The van der Waals surface area contributed by atoms with Gasteiger partial charge < -0.3 is 4.74 Å². The van der Waals surface area contributed by atoms with Gasteiger partial charge in [-0.15, -0.1) is 0 Å². The Morgan fingerprint density at radius 2 is 1.79 bits per heavy atom. The summed E-state index contributed by atoms with van der Waals surface area (Å²) in [6.45, 7) is -0.328. The summed E-state index contributed by atoms with van der Waals surface area (Å²) < 4.78 is 17.1. The van der Waals surface area contributed by atoms with Crippen LogP contribution in [0.3, 0.4) is 0 Å². The molecule has 0 radical (unpaired) electrons. The molecule has 0 heterocycles. The van der Waals surface area contributed by atoms with Crippen LogP contribution in [0.2, 0.25) is 0 Å². The van der Waals surface area contributed by atoms with Crippen molar-refractivity contribution in [2.75, 3.05) is 13.3 Å². The van der Waals surface area contributed by atoms with Crippen LogP contribution in [-0.2, 0) is 0 Å². The Bertz CT molecular complexity index is 425. The Kier molecular flexibility index (Phi) is 2.63. The van der Waals surface area contributed by atoms with Gasteiger partial charge in [0.05, 0.1) is 0 Å². The minimum absolute atomic E-state index is 0.123. The van der Waals surface area contributed by atoms with Crippen molar-refractivity contribution < 1.29 is 9.13 Å². The normalized spacial score (nSPS) is 10.4. The van der Waals surface area contributed by atoms with E-state index < -0.39 is 6.67 Å². The smallest absolute Gasteiger partial charge is 0.123 e. The van der Waals surface area contributed by atoms with Gasteiger partial charge in [-0.25, -0.2) is 4.39 Å². The fourth-order valence-corrected chi connectivity index (χ4v) is 1.41. The second kappa shape index (κ2) is 4.09. The number of halogens is 1. The standard InChI is InChI=1S/C12H11FO/c13-7-8-14-12-6-5-10-3-1-2-4-11(10)9-12/h1-6,9H,7-8H2. The molecule has 14 heavy (non-hydrogen) atoms. The van der Waals surface area contributed by atoms with E-state index in [1.165, 1.54) is 5.39 Å². The Labute approximate surface area is 82.1 Å². The number of hydrogen-bond acceptors (Lipinski definition) is 1. The van der Waals surface area contributed by atoms with Crippen LogP contribution in [0, 0.1) is 0 Å². The van der Waals surface area contributed by atoms with Crippen molar-refractivity contribution in [3.63, 3.8) is 0 Å². The summed E-state index contributed by atoms with van der Waals surface area (Å²) in [5.74, 6) is 0.723. The van der Waals surface area contributed by atoms with E-state index in [9.17, 15) is 4.39 Å². The largest absolute Gasteiger partial charge is 0.491 e. The Balaban J connectivity index is 2.32. The van der Waals surface area contributed by atoms with Crippen LogP contribution >= 0.6 is 0 Å². The minimum Gasteiger partial charge on any atom is -0.491 e. The molecule has 0 N–H and O–H groups in total. The van der Waals surface area contributed by atoms with Crippen LogP contribution in [0.1, 0.15) is 0 Å². The van der Waals surface area contributed by atoms with Crippen molar-refractivity contribution in [1.29, 1.82) is 0 Å². The SMILES string of the molecule is FCCOc1ccc2ccccc2c1. The van der Waals surface area contributed by atoms with E-state index in [1.807, 2.05) is 42.5 Å². The number of rotatable bonds is 3. The third-order valence-corrected chi connectivity index (χ3v) is 2.07. The van der Waals surface area contributed by atoms with Crippen LogP contribution in [-0.4, -0.2) is 13.3 Å². The maximum absolute atomic E-state index is 11.9. The first-order valence-corrected chi connectivity index (χ1v) is 4.58. The Hall–Kier alpha value is -1.57. The highest BCUT2D eigenvalue weighted by Crippen LogP contribution is 2.20. The molecule has 2 heteroatoms. The molecule has 0 saturated carbocycles. The minimum atomic E-state index is -0.452. The third kappa shape index (κ3) is 1.84. The summed E-state index contributed by atoms with van der Waals surface area (Å²) in [7, 11) is 0. The molecule has 0 aliphatic rings. The molecule has 2 aromatic rings. The lowest BCUT2D eigenvalue weighted by atomic mass is 10.1. The highest BCUT2D eigenvalue weighted by Gasteiger charge is 1.95. The molecule has 0 bridgehead atoms. The van der Waals surface area contributed by atoms with Crippen molar-refractivity contribution in [3.05, 3.63) is 42.5 Å². The van der Waals surface area contributed by atoms with Crippen LogP contribution in [0.5, 0.6) is 5.75 Å². The van der Waals surface area contributed by atoms with Crippen molar-refractivity contribution in [2.45, 2.75) is 0 Å². The van der Waals surface area contributed by atoms with Crippen LogP contribution in [0.15, 0.2) is 42.5 Å². The van der Waals surface area contributed by atoms with Crippen molar-refractivity contribution in [2.24, 2.45) is 0 Å². The maximum atomic E-state index is 11.9. The Morgan fingerprint density at radius 1 is 1.00 bits per heavy atom. The topological polar surface area (TPSA) is 9.23 Å². The van der Waals surface area contributed by atoms with Crippen LogP contribution in [0.25, 0.3) is 10.8 Å². The second-order valence-electron chi connectivity index (χ2n) is 3.05. The van der Waals surface area contributed by atoms with Gasteiger partial charge in [0.2, 0.25) is 0 Å².